The fraction of sp³-hybridized carbons (Fsp3) is 0.133. The van der Waals surface area contributed by atoms with Crippen LogP contribution in [0.25, 0.3) is 0 Å². The van der Waals surface area contributed by atoms with Crippen molar-refractivity contribution in [3.8, 4) is 0 Å². The molecule has 0 radical (unpaired) electrons. The van der Waals surface area contributed by atoms with Crippen LogP contribution in [0.5, 0.6) is 0 Å². The molecular weight excluding hydrogens is 432 g/mol. The number of nitrogens with one attached hydrogen (secondary N) is 1. The zero-order valence-corrected chi connectivity index (χ0v) is 13.5. The highest BCUT2D eigenvalue weighted by molar-refractivity contribution is 14.1. The van der Waals surface area contributed by atoms with E-state index in [1.165, 1.54) is 6.07 Å². The number of carbonyl (C=O) groups excluding carboxylic acids is 1. The predicted molar refractivity (Wildman–Crippen MR) is 81.7 cm³/mol. The summed E-state index contributed by atoms with van der Waals surface area (Å²) in [4.78, 5) is 12.0. The van der Waals surface area contributed by atoms with Crippen LogP contribution in [0.15, 0.2) is 36.4 Å². The average molecular weight is 441 g/mol. The zero-order valence-electron chi connectivity index (χ0n) is 11.3. The Morgan fingerprint density at radius 1 is 1.04 bits per heavy atom. The van der Waals surface area contributed by atoms with Crippen LogP contribution in [0.2, 0.25) is 0 Å². The van der Waals surface area contributed by atoms with Crippen molar-refractivity contribution in [2.75, 3.05) is 0 Å². The lowest BCUT2D eigenvalue weighted by molar-refractivity contribution is -0.138. The van der Waals surface area contributed by atoms with Crippen molar-refractivity contribution < 1.29 is 26.7 Å². The monoisotopic (exact) mass is 441 g/mol. The Balaban J connectivity index is 2.19. The first-order valence-corrected chi connectivity index (χ1v) is 7.35. The van der Waals surface area contributed by atoms with Crippen LogP contribution in [0.4, 0.5) is 22.0 Å². The second kappa shape index (κ2) is 6.81. The van der Waals surface area contributed by atoms with Crippen LogP contribution in [0.3, 0.4) is 0 Å². The van der Waals surface area contributed by atoms with Crippen LogP contribution in [0.1, 0.15) is 21.5 Å². The number of hydrogen-bond donors (Lipinski definition) is 1. The third-order valence-electron chi connectivity index (χ3n) is 2.99. The normalized spacial score (nSPS) is 11.4. The first-order chi connectivity index (χ1) is 10.7. The lowest BCUT2D eigenvalue weighted by Gasteiger charge is -2.14. The SMILES string of the molecule is O=C(NCc1ccc(F)cc1C(F)(F)F)c1ccc(F)cc1I. The van der Waals surface area contributed by atoms with Crippen LogP contribution in [0, 0.1) is 15.2 Å². The van der Waals surface area contributed by atoms with E-state index < -0.39 is 35.8 Å². The van der Waals surface area contributed by atoms with Gasteiger partial charge >= 0.3 is 6.18 Å². The summed E-state index contributed by atoms with van der Waals surface area (Å²) in [5.74, 6) is -2.18. The molecule has 0 saturated carbocycles. The molecule has 0 unspecified atom stereocenters. The molecule has 2 aromatic rings. The molecule has 8 heteroatoms. The number of alkyl halides is 3. The van der Waals surface area contributed by atoms with Gasteiger partial charge in [0.15, 0.2) is 0 Å². The molecule has 122 valence electrons. The lowest BCUT2D eigenvalue weighted by Crippen LogP contribution is -2.25. The number of rotatable bonds is 3. The number of benzene rings is 2. The third-order valence-corrected chi connectivity index (χ3v) is 3.88. The van der Waals surface area contributed by atoms with Crippen molar-refractivity contribution >= 4 is 28.5 Å². The van der Waals surface area contributed by atoms with E-state index in [0.717, 1.165) is 24.3 Å². The topological polar surface area (TPSA) is 29.1 Å². The van der Waals surface area contributed by atoms with E-state index in [-0.39, 0.29) is 11.1 Å². The Labute approximate surface area is 141 Å². The molecule has 0 aliphatic rings. The third kappa shape index (κ3) is 4.40. The average Bonchev–Trinajstić information content (AvgIpc) is 2.44. The quantitative estimate of drug-likeness (QED) is 0.551. The van der Waals surface area contributed by atoms with Crippen molar-refractivity contribution in [2.45, 2.75) is 12.7 Å². The number of carbonyl (C=O) groups is 1. The van der Waals surface area contributed by atoms with Gasteiger partial charge in [0.05, 0.1) is 11.1 Å². The van der Waals surface area contributed by atoms with E-state index in [9.17, 15) is 26.7 Å². The summed E-state index contributed by atoms with van der Waals surface area (Å²) in [5, 5.41) is 2.32. The summed E-state index contributed by atoms with van der Waals surface area (Å²) < 4.78 is 64.9. The van der Waals surface area contributed by atoms with E-state index in [2.05, 4.69) is 5.32 Å². The Bertz CT molecular complexity index is 745. The first-order valence-electron chi connectivity index (χ1n) is 6.27. The van der Waals surface area contributed by atoms with Crippen LogP contribution < -0.4 is 5.32 Å². The van der Waals surface area contributed by atoms with Gasteiger partial charge in [-0.25, -0.2) is 8.78 Å². The number of hydrogen-bond acceptors (Lipinski definition) is 1. The highest BCUT2D eigenvalue weighted by atomic mass is 127. The van der Waals surface area contributed by atoms with E-state index in [4.69, 9.17) is 0 Å². The van der Waals surface area contributed by atoms with E-state index >= 15 is 0 Å². The molecule has 0 fully saturated rings. The summed E-state index contributed by atoms with van der Waals surface area (Å²) in [5.41, 5.74) is -1.27. The summed E-state index contributed by atoms with van der Waals surface area (Å²) in [6.45, 7) is -0.429. The molecule has 2 nitrogen and oxygen atoms in total. The van der Waals surface area contributed by atoms with Gasteiger partial charge in [0.2, 0.25) is 0 Å². The molecule has 1 N–H and O–H groups in total. The Hall–Kier alpha value is -1.71. The summed E-state index contributed by atoms with van der Waals surface area (Å²) in [6, 6.07) is 5.68. The zero-order chi connectivity index (χ0) is 17.2. The second-order valence-electron chi connectivity index (χ2n) is 4.61. The van der Waals surface area contributed by atoms with Crippen molar-refractivity contribution in [3.05, 3.63) is 68.3 Å². The number of halogens is 6. The predicted octanol–water partition coefficient (Wildman–Crippen LogP) is 4.52. The maximum atomic E-state index is 13.0. The highest BCUT2D eigenvalue weighted by Gasteiger charge is 2.33. The van der Waals surface area contributed by atoms with Crippen molar-refractivity contribution in [1.82, 2.24) is 5.32 Å². The van der Waals surface area contributed by atoms with E-state index in [1.54, 1.807) is 22.6 Å². The van der Waals surface area contributed by atoms with Crippen LogP contribution >= 0.6 is 22.6 Å². The van der Waals surface area contributed by atoms with Gasteiger partial charge in [0.1, 0.15) is 11.6 Å². The van der Waals surface area contributed by atoms with Crippen LogP contribution in [-0.4, -0.2) is 5.91 Å². The molecule has 2 aromatic carbocycles. The van der Waals surface area contributed by atoms with Gasteiger partial charge in [-0.15, -0.1) is 0 Å². The molecule has 1 amide bonds. The van der Waals surface area contributed by atoms with Gasteiger partial charge in [-0.1, -0.05) is 6.07 Å². The molecule has 0 atom stereocenters. The van der Waals surface area contributed by atoms with Crippen molar-refractivity contribution in [3.63, 3.8) is 0 Å². The summed E-state index contributed by atoms with van der Waals surface area (Å²) >= 11 is 1.75. The van der Waals surface area contributed by atoms with E-state index in [0.29, 0.717) is 9.64 Å². The lowest BCUT2D eigenvalue weighted by atomic mass is 10.1. The Kier molecular flexibility index (Phi) is 5.23. The minimum absolute atomic E-state index is 0.141. The molecule has 2 rings (SSSR count). The second-order valence-corrected chi connectivity index (χ2v) is 5.77. The molecule has 0 saturated heterocycles. The molecule has 0 spiro atoms. The fourth-order valence-corrected chi connectivity index (χ4v) is 2.63. The van der Waals surface area contributed by atoms with Gasteiger partial charge < -0.3 is 5.32 Å². The molecule has 0 aliphatic heterocycles. The van der Waals surface area contributed by atoms with Gasteiger partial charge in [-0.2, -0.15) is 13.2 Å². The molecule has 0 heterocycles. The van der Waals surface area contributed by atoms with Gasteiger partial charge in [-0.3, -0.25) is 4.79 Å². The molecule has 0 aromatic heterocycles. The number of amides is 1. The van der Waals surface area contributed by atoms with E-state index in [1.807, 2.05) is 0 Å². The minimum atomic E-state index is -4.73. The molecule has 0 aliphatic carbocycles. The smallest absolute Gasteiger partial charge is 0.348 e. The van der Waals surface area contributed by atoms with Crippen molar-refractivity contribution in [2.24, 2.45) is 0 Å². The summed E-state index contributed by atoms with van der Waals surface area (Å²) in [6.07, 6.45) is -4.73. The molecular formula is C15H9F5INO. The maximum absolute atomic E-state index is 13.0. The van der Waals surface area contributed by atoms with Crippen molar-refractivity contribution in [1.29, 1.82) is 0 Å². The van der Waals surface area contributed by atoms with Gasteiger partial charge in [0.25, 0.3) is 5.91 Å². The highest BCUT2D eigenvalue weighted by Crippen LogP contribution is 2.32. The van der Waals surface area contributed by atoms with Crippen LogP contribution in [-0.2, 0) is 12.7 Å². The Morgan fingerprint density at radius 3 is 2.26 bits per heavy atom. The largest absolute Gasteiger partial charge is 0.416 e. The van der Waals surface area contributed by atoms with Gasteiger partial charge in [0, 0.05) is 10.1 Å². The summed E-state index contributed by atoms with van der Waals surface area (Å²) in [7, 11) is 0. The fourth-order valence-electron chi connectivity index (χ4n) is 1.91. The Morgan fingerprint density at radius 2 is 1.65 bits per heavy atom. The molecule has 23 heavy (non-hydrogen) atoms. The minimum Gasteiger partial charge on any atom is -0.348 e. The van der Waals surface area contributed by atoms with Gasteiger partial charge in [-0.05, 0) is 58.5 Å². The first kappa shape index (κ1) is 17.6. The maximum Gasteiger partial charge on any atom is 0.416 e. The molecule has 0 bridgehead atoms. The standard InChI is InChI=1S/C15H9F5INO/c16-9-2-1-8(12(5-9)15(18,19)20)7-22-14(23)11-4-3-10(17)6-13(11)21/h1-6H,7H2,(H,22,23).